The van der Waals surface area contributed by atoms with Crippen LogP contribution in [0.25, 0.3) is 10.9 Å². The van der Waals surface area contributed by atoms with Crippen LogP contribution < -0.4 is 0 Å². The van der Waals surface area contributed by atoms with Gasteiger partial charge < -0.3 is 4.98 Å². The molecule has 0 aliphatic rings. The predicted molar refractivity (Wildman–Crippen MR) is 74.4 cm³/mol. The Hall–Kier alpha value is -1.22. The number of nitrogens with one attached hydrogen (secondary N) is 1. The molecule has 2 rings (SSSR count). The fourth-order valence-corrected chi connectivity index (χ4v) is 1.53. The Morgan fingerprint density at radius 1 is 1.06 bits per heavy atom. The first-order valence-corrected chi connectivity index (χ1v) is 6.14. The molecule has 1 heterocycles. The first-order valence-electron chi connectivity index (χ1n) is 5.73. The summed E-state index contributed by atoms with van der Waals surface area (Å²) >= 11 is 5.11. The van der Waals surface area contributed by atoms with Crippen molar-refractivity contribution in [1.29, 1.82) is 0 Å². The summed E-state index contributed by atoms with van der Waals surface area (Å²) in [7, 11) is 0. The second-order valence-corrected chi connectivity index (χ2v) is 3.06. The molecule has 1 aromatic heterocycles. The summed E-state index contributed by atoms with van der Waals surface area (Å²) < 4.78 is 0.668. The first-order chi connectivity index (χ1) is 7.77. The number of H-pyrrole nitrogens is 1. The summed E-state index contributed by atoms with van der Waals surface area (Å²) in [6.45, 7) is 9.90. The molecule has 0 radical (unpaired) electrons. The normalized spacial score (nSPS) is 8.56. The van der Waals surface area contributed by atoms with Crippen LogP contribution in [0.5, 0.6) is 0 Å². The van der Waals surface area contributed by atoms with Gasteiger partial charge in [0, 0.05) is 10.9 Å². The maximum atomic E-state index is 5.11. The van der Waals surface area contributed by atoms with Crippen molar-refractivity contribution in [2.75, 3.05) is 0 Å². The highest BCUT2D eigenvalue weighted by molar-refractivity contribution is 7.71. The highest BCUT2D eigenvalue weighted by atomic mass is 32.1. The maximum absolute atomic E-state index is 5.11. The van der Waals surface area contributed by atoms with Crippen molar-refractivity contribution < 1.29 is 0 Å². The van der Waals surface area contributed by atoms with Gasteiger partial charge in [-0.25, -0.2) is 4.98 Å². The molecule has 0 fully saturated rings. The number of hydrogen-bond acceptors (Lipinski definition) is 2. The molecule has 88 valence electrons. The van der Waals surface area contributed by atoms with Crippen molar-refractivity contribution in [1.82, 2.24) is 9.97 Å². The summed E-state index contributed by atoms with van der Waals surface area (Å²) in [5.74, 6) is 0.860. The fraction of sp³-hybridized carbons (Fsp3) is 0.385. The highest BCUT2D eigenvalue weighted by Crippen LogP contribution is 2.10. The standard InChI is InChI=1S/C9H8N2S.2C2H6/c1-6-10-8-5-3-2-4-7(8)9(12)11-6;2*1-2/h2-5H,1H3,(H,10,11,12);2*1-2H3. The van der Waals surface area contributed by atoms with Crippen LogP contribution >= 0.6 is 12.2 Å². The van der Waals surface area contributed by atoms with Gasteiger partial charge in [-0.3, -0.25) is 0 Å². The summed E-state index contributed by atoms with van der Waals surface area (Å²) in [6, 6.07) is 7.91. The third-order valence-corrected chi connectivity index (χ3v) is 2.05. The number of aromatic nitrogens is 2. The van der Waals surface area contributed by atoms with E-state index in [-0.39, 0.29) is 0 Å². The van der Waals surface area contributed by atoms with Gasteiger partial charge in [0.25, 0.3) is 0 Å². The summed E-state index contributed by atoms with van der Waals surface area (Å²) in [6.07, 6.45) is 0. The number of aryl methyl sites for hydroxylation is 1. The maximum Gasteiger partial charge on any atom is 0.137 e. The average Bonchev–Trinajstić information content (AvgIpc) is 2.34. The lowest BCUT2D eigenvalue weighted by molar-refractivity contribution is 1.08. The molecule has 0 amide bonds. The monoisotopic (exact) mass is 236 g/mol. The quantitative estimate of drug-likeness (QED) is 0.674. The van der Waals surface area contributed by atoms with E-state index in [4.69, 9.17) is 12.2 Å². The van der Waals surface area contributed by atoms with Gasteiger partial charge in [0.1, 0.15) is 10.5 Å². The average molecular weight is 236 g/mol. The summed E-state index contributed by atoms with van der Waals surface area (Å²) in [5, 5.41) is 1.01. The third kappa shape index (κ3) is 3.74. The Kier molecular flexibility index (Phi) is 7.38. The number of fused-ring (bicyclic) bond motifs is 1. The van der Waals surface area contributed by atoms with Crippen LogP contribution in [-0.2, 0) is 0 Å². The molecule has 0 aliphatic heterocycles. The van der Waals surface area contributed by atoms with Crippen molar-refractivity contribution in [2.24, 2.45) is 0 Å². The molecule has 0 bridgehead atoms. The van der Waals surface area contributed by atoms with E-state index in [1.54, 1.807) is 0 Å². The van der Waals surface area contributed by atoms with E-state index in [1.165, 1.54) is 0 Å². The Bertz CT molecular complexity index is 475. The third-order valence-electron chi connectivity index (χ3n) is 1.74. The molecule has 0 saturated carbocycles. The summed E-state index contributed by atoms with van der Waals surface area (Å²) in [4.78, 5) is 7.31. The van der Waals surface area contributed by atoms with Gasteiger partial charge in [-0.2, -0.15) is 0 Å². The van der Waals surface area contributed by atoms with Crippen LogP contribution in [0.3, 0.4) is 0 Å². The Labute approximate surface area is 103 Å². The van der Waals surface area contributed by atoms with Gasteiger partial charge >= 0.3 is 0 Å². The molecule has 1 aromatic carbocycles. The summed E-state index contributed by atoms with van der Waals surface area (Å²) in [5.41, 5.74) is 1.05. The van der Waals surface area contributed by atoms with Crippen molar-refractivity contribution in [3.8, 4) is 0 Å². The molecular formula is C13H20N2S. The van der Waals surface area contributed by atoms with Crippen molar-refractivity contribution in [3.05, 3.63) is 34.7 Å². The minimum absolute atomic E-state index is 0.668. The number of aromatic amines is 1. The molecular weight excluding hydrogens is 216 g/mol. The van der Waals surface area contributed by atoms with E-state index in [1.807, 2.05) is 58.9 Å². The van der Waals surface area contributed by atoms with Crippen LogP contribution in [0.2, 0.25) is 0 Å². The zero-order valence-electron chi connectivity index (χ0n) is 10.7. The molecule has 0 unspecified atom stereocenters. The van der Waals surface area contributed by atoms with Crippen LogP contribution in [0.4, 0.5) is 0 Å². The van der Waals surface area contributed by atoms with Gasteiger partial charge in [-0.05, 0) is 19.1 Å². The van der Waals surface area contributed by atoms with Gasteiger partial charge in [0.05, 0.1) is 0 Å². The Morgan fingerprint density at radius 3 is 2.25 bits per heavy atom. The molecule has 16 heavy (non-hydrogen) atoms. The Balaban J connectivity index is 0.000000509. The molecule has 1 N–H and O–H groups in total. The van der Waals surface area contributed by atoms with Crippen LogP contribution in [0, 0.1) is 11.6 Å². The zero-order valence-corrected chi connectivity index (χ0v) is 11.5. The van der Waals surface area contributed by atoms with Crippen LogP contribution in [0.15, 0.2) is 24.3 Å². The van der Waals surface area contributed by atoms with E-state index in [9.17, 15) is 0 Å². The minimum atomic E-state index is 0.668. The van der Waals surface area contributed by atoms with Crippen molar-refractivity contribution in [3.63, 3.8) is 0 Å². The van der Waals surface area contributed by atoms with Gasteiger partial charge in [0.15, 0.2) is 0 Å². The molecule has 0 spiro atoms. The van der Waals surface area contributed by atoms with Crippen molar-refractivity contribution in [2.45, 2.75) is 34.6 Å². The second-order valence-electron chi connectivity index (χ2n) is 2.67. The zero-order chi connectivity index (χ0) is 12.6. The number of hydrogen-bond donors (Lipinski definition) is 1. The molecule has 0 aliphatic carbocycles. The predicted octanol–water partition coefficient (Wildman–Crippen LogP) is 4.65. The molecule has 2 aromatic rings. The van der Waals surface area contributed by atoms with E-state index in [0.717, 1.165) is 16.7 Å². The molecule has 3 heteroatoms. The minimum Gasteiger partial charge on any atom is -0.343 e. The van der Waals surface area contributed by atoms with E-state index < -0.39 is 0 Å². The number of para-hydroxylation sites is 1. The molecule has 2 nitrogen and oxygen atoms in total. The smallest absolute Gasteiger partial charge is 0.137 e. The lowest BCUT2D eigenvalue weighted by atomic mass is 10.2. The highest BCUT2D eigenvalue weighted by Gasteiger charge is 1.95. The number of benzene rings is 1. The number of nitrogens with zero attached hydrogens (tertiary/aromatic N) is 1. The van der Waals surface area contributed by atoms with E-state index in [0.29, 0.717) is 4.64 Å². The van der Waals surface area contributed by atoms with E-state index >= 15 is 0 Å². The topological polar surface area (TPSA) is 28.7 Å². The van der Waals surface area contributed by atoms with Crippen LogP contribution in [-0.4, -0.2) is 9.97 Å². The SMILES string of the molecule is CC.CC.Cc1nc(=S)c2ccccc2[nH]1. The van der Waals surface area contributed by atoms with Crippen molar-refractivity contribution >= 4 is 23.1 Å². The number of rotatable bonds is 0. The van der Waals surface area contributed by atoms with E-state index in [2.05, 4.69) is 9.97 Å². The first kappa shape index (κ1) is 14.8. The second kappa shape index (κ2) is 7.99. The largest absolute Gasteiger partial charge is 0.343 e. The van der Waals surface area contributed by atoms with Gasteiger partial charge in [-0.15, -0.1) is 0 Å². The van der Waals surface area contributed by atoms with Gasteiger partial charge in [-0.1, -0.05) is 52.0 Å². The molecule has 0 atom stereocenters. The van der Waals surface area contributed by atoms with Gasteiger partial charge in [0.2, 0.25) is 0 Å². The molecule has 0 saturated heterocycles. The lowest BCUT2D eigenvalue weighted by Crippen LogP contribution is -1.88. The van der Waals surface area contributed by atoms with Crippen LogP contribution in [0.1, 0.15) is 33.5 Å². The lowest BCUT2D eigenvalue weighted by Gasteiger charge is -1.98. The Morgan fingerprint density at radius 2 is 1.62 bits per heavy atom. The fourth-order valence-electron chi connectivity index (χ4n) is 1.21.